The Kier molecular flexibility index (Phi) is 5.44. The van der Waals surface area contributed by atoms with Crippen molar-refractivity contribution in [2.24, 2.45) is 0 Å². The largest absolute Gasteiger partial charge is 0.476 e. The maximum Gasteiger partial charge on any atom is 0.356 e. The van der Waals surface area contributed by atoms with Crippen molar-refractivity contribution in [3.05, 3.63) is 87.1 Å². The molecule has 8 heteroatoms. The van der Waals surface area contributed by atoms with Crippen LogP contribution in [0.5, 0.6) is 0 Å². The van der Waals surface area contributed by atoms with Crippen LogP contribution in [0.15, 0.2) is 59.4 Å². The van der Waals surface area contributed by atoms with Crippen molar-refractivity contribution in [2.75, 3.05) is 0 Å². The summed E-state index contributed by atoms with van der Waals surface area (Å²) in [4.78, 5) is 37.7. The lowest BCUT2D eigenvalue weighted by Gasteiger charge is -2.19. The van der Waals surface area contributed by atoms with Crippen molar-refractivity contribution in [3.8, 4) is 11.1 Å². The van der Waals surface area contributed by atoms with E-state index in [1.807, 2.05) is 30.3 Å². The summed E-state index contributed by atoms with van der Waals surface area (Å²) in [6, 6.07) is 15.6. The number of rotatable bonds is 6. The number of carboxylic acid groups (broad SMARTS) is 1. The quantitative estimate of drug-likeness (QED) is 0.437. The molecule has 0 unspecified atom stereocenters. The predicted molar refractivity (Wildman–Crippen MR) is 118 cm³/mol. The van der Waals surface area contributed by atoms with Crippen molar-refractivity contribution in [2.45, 2.75) is 19.9 Å². The Hall–Kier alpha value is -3.71. The van der Waals surface area contributed by atoms with Crippen LogP contribution in [0.4, 0.5) is 0 Å². The van der Waals surface area contributed by atoms with Crippen LogP contribution in [-0.2, 0) is 6.54 Å². The van der Waals surface area contributed by atoms with Crippen molar-refractivity contribution in [3.63, 3.8) is 0 Å². The fourth-order valence-corrected chi connectivity index (χ4v) is 3.82. The molecule has 0 aliphatic rings. The van der Waals surface area contributed by atoms with Gasteiger partial charge >= 0.3 is 5.97 Å². The fraction of sp³-hybridized carbons (Fsp3) is 0.130. The van der Waals surface area contributed by atoms with Gasteiger partial charge in [0.05, 0.1) is 17.9 Å². The molecule has 0 bridgehead atoms. The van der Waals surface area contributed by atoms with Crippen LogP contribution in [0.3, 0.4) is 0 Å². The van der Waals surface area contributed by atoms with Gasteiger partial charge in [0.1, 0.15) is 0 Å². The lowest BCUT2D eigenvalue weighted by molar-refractivity contribution is 0.0690. The Labute approximate surface area is 181 Å². The first-order valence-electron chi connectivity index (χ1n) is 9.63. The van der Waals surface area contributed by atoms with Crippen LogP contribution in [0.25, 0.3) is 21.9 Å². The average Bonchev–Trinajstić information content (AvgIpc) is 3.24. The van der Waals surface area contributed by atoms with Crippen molar-refractivity contribution in [1.82, 2.24) is 14.8 Å². The molecule has 2 heterocycles. The zero-order chi connectivity index (χ0) is 22.1. The Morgan fingerprint density at radius 3 is 2.48 bits per heavy atom. The number of ketones is 1. The Bertz CT molecular complexity index is 1370. The van der Waals surface area contributed by atoms with E-state index in [9.17, 15) is 14.4 Å². The molecule has 0 fully saturated rings. The molecule has 4 aromatic rings. The minimum Gasteiger partial charge on any atom is -0.476 e. The second-order valence-electron chi connectivity index (χ2n) is 7.03. The van der Waals surface area contributed by atoms with Crippen molar-refractivity contribution >= 4 is 34.1 Å². The summed E-state index contributed by atoms with van der Waals surface area (Å²) in [5.41, 5.74) is 1.51. The van der Waals surface area contributed by atoms with Crippen molar-refractivity contribution < 1.29 is 14.7 Å². The monoisotopic (exact) mass is 435 g/mol. The minimum absolute atomic E-state index is 0.0292. The first kappa shape index (κ1) is 20.6. The Morgan fingerprint density at radius 2 is 1.84 bits per heavy atom. The number of aromatic nitrogens is 3. The van der Waals surface area contributed by atoms with E-state index < -0.39 is 5.97 Å². The van der Waals surface area contributed by atoms with E-state index in [0.29, 0.717) is 27.1 Å². The summed E-state index contributed by atoms with van der Waals surface area (Å²) in [5.74, 6) is -1.39. The minimum atomic E-state index is -1.18. The standard InChI is InChI=1S/C23H18ClN3O4/c1-2-19(28)21-20(13-6-4-3-5-7-13)17-10-14(24)8-9-16(17)22(29)27(21)12-15-11-18(23(30)31)26-25-15/h3-11H,2,12H2,1H3,(H,25,26)(H,30,31). The normalized spacial score (nSPS) is 11.0. The molecule has 31 heavy (non-hydrogen) atoms. The highest BCUT2D eigenvalue weighted by Gasteiger charge is 2.23. The number of carbonyl (C=O) groups is 2. The van der Waals surface area contributed by atoms with Crippen LogP contribution in [0, 0.1) is 0 Å². The molecule has 4 rings (SSSR count). The third kappa shape index (κ3) is 3.75. The van der Waals surface area contributed by atoms with Gasteiger partial charge in [-0.05, 0) is 35.2 Å². The number of hydrogen-bond acceptors (Lipinski definition) is 4. The number of aromatic amines is 1. The van der Waals surface area contributed by atoms with Crippen LogP contribution in [0.2, 0.25) is 5.02 Å². The predicted octanol–water partition coefficient (Wildman–Crippen LogP) is 4.38. The number of halogens is 1. The molecule has 2 N–H and O–H groups in total. The van der Waals surface area contributed by atoms with E-state index in [4.69, 9.17) is 16.7 Å². The topological polar surface area (TPSA) is 105 Å². The average molecular weight is 436 g/mol. The molecule has 0 saturated carbocycles. The number of Topliss-reactive ketones (excluding diaryl/α,β-unsaturated/α-hetero) is 1. The highest BCUT2D eigenvalue weighted by Crippen LogP contribution is 2.33. The van der Waals surface area contributed by atoms with Gasteiger partial charge in [0.25, 0.3) is 5.56 Å². The number of pyridine rings is 1. The number of carboxylic acids is 1. The number of aromatic carboxylic acids is 1. The van der Waals surface area contributed by atoms with E-state index in [1.165, 1.54) is 10.6 Å². The summed E-state index contributed by atoms with van der Waals surface area (Å²) < 4.78 is 1.38. The van der Waals surface area contributed by atoms with Crippen LogP contribution in [0.1, 0.15) is 40.0 Å². The number of H-pyrrole nitrogens is 1. The number of fused-ring (bicyclic) bond motifs is 1. The maximum absolute atomic E-state index is 13.4. The van der Waals surface area contributed by atoms with Gasteiger partial charge in [-0.15, -0.1) is 0 Å². The number of nitrogens with zero attached hydrogens (tertiary/aromatic N) is 2. The molecule has 2 aromatic carbocycles. The third-order valence-corrected chi connectivity index (χ3v) is 5.29. The van der Waals surface area contributed by atoms with Gasteiger partial charge in [0.2, 0.25) is 0 Å². The van der Waals surface area contributed by atoms with Gasteiger partial charge in [0.15, 0.2) is 11.5 Å². The lowest BCUT2D eigenvalue weighted by atomic mass is 9.94. The SMILES string of the molecule is CCC(=O)c1c(-c2ccccc2)c2cc(Cl)ccc2c(=O)n1Cc1cc(C(=O)O)n[nH]1. The molecule has 0 spiro atoms. The maximum atomic E-state index is 13.4. The first-order chi connectivity index (χ1) is 14.9. The van der Waals surface area contributed by atoms with E-state index >= 15 is 0 Å². The van der Waals surface area contributed by atoms with Gasteiger partial charge in [-0.25, -0.2) is 4.79 Å². The van der Waals surface area contributed by atoms with E-state index in [1.54, 1.807) is 25.1 Å². The molecule has 0 amide bonds. The molecular weight excluding hydrogens is 418 g/mol. The highest BCUT2D eigenvalue weighted by molar-refractivity contribution is 6.31. The summed E-state index contributed by atoms with van der Waals surface area (Å²) in [7, 11) is 0. The number of carbonyl (C=O) groups excluding carboxylic acids is 1. The van der Waals surface area contributed by atoms with Gasteiger partial charge < -0.3 is 5.11 Å². The van der Waals surface area contributed by atoms with Crippen LogP contribution >= 0.6 is 11.6 Å². The fourth-order valence-electron chi connectivity index (χ4n) is 3.65. The molecule has 0 atom stereocenters. The van der Waals surface area contributed by atoms with E-state index in [-0.39, 0.29) is 35.7 Å². The third-order valence-electron chi connectivity index (χ3n) is 5.06. The molecule has 0 radical (unpaired) electrons. The lowest BCUT2D eigenvalue weighted by Crippen LogP contribution is -2.28. The summed E-state index contributed by atoms with van der Waals surface area (Å²) in [6.07, 6.45) is 0.189. The summed E-state index contributed by atoms with van der Waals surface area (Å²) in [6.45, 7) is 1.70. The molecule has 2 aromatic heterocycles. The van der Waals surface area contributed by atoms with E-state index in [0.717, 1.165) is 5.56 Å². The second-order valence-corrected chi connectivity index (χ2v) is 7.47. The first-order valence-corrected chi connectivity index (χ1v) is 10.0. The zero-order valence-electron chi connectivity index (χ0n) is 16.6. The van der Waals surface area contributed by atoms with Gasteiger partial charge in [-0.1, -0.05) is 48.9 Å². The zero-order valence-corrected chi connectivity index (χ0v) is 17.3. The summed E-state index contributed by atoms with van der Waals surface area (Å²) in [5, 5.41) is 17.0. The van der Waals surface area contributed by atoms with Crippen LogP contribution in [-0.4, -0.2) is 31.6 Å². The smallest absolute Gasteiger partial charge is 0.356 e. The molecule has 0 saturated heterocycles. The van der Waals surface area contributed by atoms with E-state index in [2.05, 4.69) is 10.2 Å². The Balaban J connectivity index is 2.08. The second kappa shape index (κ2) is 8.20. The molecule has 7 nitrogen and oxygen atoms in total. The number of benzene rings is 2. The van der Waals surface area contributed by atoms with Crippen molar-refractivity contribution in [1.29, 1.82) is 0 Å². The Morgan fingerprint density at radius 1 is 1.10 bits per heavy atom. The highest BCUT2D eigenvalue weighted by atomic mass is 35.5. The summed E-state index contributed by atoms with van der Waals surface area (Å²) >= 11 is 6.24. The van der Waals surface area contributed by atoms with Gasteiger partial charge in [-0.3, -0.25) is 19.3 Å². The number of nitrogens with one attached hydrogen (secondary N) is 1. The van der Waals surface area contributed by atoms with Gasteiger partial charge in [0, 0.05) is 22.4 Å². The van der Waals surface area contributed by atoms with Crippen LogP contribution < -0.4 is 5.56 Å². The number of hydrogen-bond donors (Lipinski definition) is 2. The van der Waals surface area contributed by atoms with Gasteiger partial charge in [-0.2, -0.15) is 5.10 Å². The molecule has 0 aliphatic carbocycles. The molecular formula is C23H18ClN3O4. The molecule has 0 aliphatic heterocycles. The molecule has 156 valence electrons.